The fourth-order valence-electron chi connectivity index (χ4n) is 3.44. The average Bonchev–Trinajstić information content (AvgIpc) is 2.78. The lowest BCUT2D eigenvalue weighted by molar-refractivity contribution is -0.114. The molecule has 0 bridgehead atoms. The van der Waals surface area contributed by atoms with Crippen LogP contribution in [0.15, 0.2) is 60.7 Å². The first-order valence-corrected chi connectivity index (χ1v) is 13.8. The van der Waals surface area contributed by atoms with E-state index >= 15 is 0 Å². The smallest absolute Gasteiger partial charge is 0.245 e. The molecule has 190 valence electrons. The Morgan fingerprint density at radius 3 is 2.06 bits per heavy atom. The Morgan fingerprint density at radius 1 is 0.861 bits per heavy atom. The molecule has 3 aromatic rings. The van der Waals surface area contributed by atoms with Gasteiger partial charge in [-0.3, -0.25) is 13.9 Å². The summed E-state index contributed by atoms with van der Waals surface area (Å²) >= 11 is 18.1. The van der Waals surface area contributed by atoms with Crippen LogP contribution in [-0.2, 0) is 20.2 Å². The number of nitrogens with zero attached hydrogens (tertiary/aromatic N) is 1. The molecule has 0 aliphatic heterocycles. The molecule has 0 atom stereocenters. The van der Waals surface area contributed by atoms with Crippen LogP contribution in [0.25, 0.3) is 0 Å². The summed E-state index contributed by atoms with van der Waals surface area (Å²) in [5, 5.41) is 2.90. The number of benzene rings is 3. The van der Waals surface area contributed by atoms with Gasteiger partial charge in [0.25, 0.3) is 0 Å². The van der Waals surface area contributed by atoms with E-state index in [1.165, 1.54) is 18.2 Å². The Balaban J connectivity index is 1.80. The van der Waals surface area contributed by atoms with Crippen molar-refractivity contribution < 1.29 is 18.0 Å². The molecule has 0 saturated carbocycles. The van der Waals surface area contributed by atoms with Crippen molar-refractivity contribution in [2.45, 2.75) is 26.2 Å². The van der Waals surface area contributed by atoms with E-state index in [0.717, 1.165) is 16.1 Å². The van der Waals surface area contributed by atoms with Gasteiger partial charge < -0.3 is 5.32 Å². The summed E-state index contributed by atoms with van der Waals surface area (Å²) in [6.45, 7) is 5.71. The van der Waals surface area contributed by atoms with Gasteiger partial charge in [0.05, 0.1) is 27.0 Å². The van der Waals surface area contributed by atoms with Crippen LogP contribution < -0.4 is 9.62 Å². The number of hydrogen-bond donors (Lipinski definition) is 1. The number of anilines is 2. The molecule has 3 aromatic carbocycles. The van der Waals surface area contributed by atoms with Gasteiger partial charge in [-0.05, 0) is 35.2 Å². The predicted octanol–water partition coefficient (Wildman–Crippen LogP) is 6.58. The molecule has 0 fully saturated rings. The maximum absolute atomic E-state index is 13.0. The summed E-state index contributed by atoms with van der Waals surface area (Å²) in [6, 6.07) is 16.4. The SMILES string of the molecule is CC(C)(C)c1ccc(C(=O)c2cccc(NC(=O)CN(c3cc(Cl)c(Cl)cc3Cl)S(C)(=O)=O)c2)cc1. The Labute approximate surface area is 226 Å². The van der Waals surface area contributed by atoms with Crippen LogP contribution in [0.2, 0.25) is 15.1 Å². The van der Waals surface area contributed by atoms with Crippen LogP contribution in [0.3, 0.4) is 0 Å². The van der Waals surface area contributed by atoms with E-state index in [4.69, 9.17) is 34.8 Å². The molecule has 0 spiro atoms. The van der Waals surface area contributed by atoms with Crippen molar-refractivity contribution >= 4 is 67.9 Å². The highest BCUT2D eigenvalue weighted by molar-refractivity contribution is 7.92. The second-order valence-electron chi connectivity index (χ2n) is 9.27. The minimum atomic E-state index is -3.90. The van der Waals surface area contributed by atoms with Gasteiger partial charge >= 0.3 is 0 Å². The maximum atomic E-state index is 13.0. The fourth-order valence-corrected chi connectivity index (χ4v) is 4.99. The summed E-state index contributed by atoms with van der Waals surface area (Å²) < 4.78 is 25.7. The van der Waals surface area contributed by atoms with Crippen LogP contribution in [0.4, 0.5) is 11.4 Å². The normalized spacial score (nSPS) is 11.8. The topological polar surface area (TPSA) is 83.6 Å². The molecule has 0 saturated heterocycles. The average molecular weight is 568 g/mol. The van der Waals surface area contributed by atoms with Crippen LogP contribution >= 0.6 is 34.8 Å². The zero-order chi connectivity index (χ0) is 26.8. The van der Waals surface area contributed by atoms with Crippen LogP contribution in [-0.4, -0.2) is 32.9 Å². The van der Waals surface area contributed by atoms with Gasteiger partial charge in [-0.2, -0.15) is 0 Å². The highest BCUT2D eigenvalue weighted by atomic mass is 35.5. The van der Waals surface area contributed by atoms with Crippen molar-refractivity contribution in [3.63, 3.8) is 0 Å². The van der Waals surface area contributed by atoms with Gasteiger partial charge in [0.2, 0.25) is 15.9 Å². The number of rotatable bonds is 7. The van der Waals surface area contributed by atoms with Crippen molar-refractivity contribution in [1.29, 1.82) is 0 Å². The zero-order valence-electron chi connectivity index (χ0n) is 20.1. The van der Waals surface area contributed by atoms with Gasteiger partial charge in [0.15, 0.2) is 5.78 Å². The van der Waals surface area contributed by atoms with E-state index in [-0.39, 0.29) is 32.0 Å². The summed E-state index contributed by atoms with van der Waals surface area (Å²) in [6.07, 6.45) is 0.948. The van der Waals surface area contributed by atoms with Crippen molar-refractivity contribution in [2.24, 2.45) is 0 Å². The van der Waals surface area contributed by atoms with E-state index < -0.39 is 22.5 Å². The second kappa shape index (κ2) is 10.8. The molecule has 0 heterocycles. The van der Waals surface area contributed by atoms with Gasteiger partial charge in [-0.1, -0.05) is 92.0 Å². The van der Waals surface area contributed by atoms with E-state index in [1.807, 2.05) is 12.1 Å². The van der Waals surface area contributed by atoms with Gasteiger partial charge in [0.1, 0.15) is 6.54 Å². The molecular weight excluding hydrogens is 543 g/mol. The number of amides is 1. The third-order valence-electron chi connectivity index (χ3n) is 5.37. The molecule has 0 aromatic heterocycles. The third kappa shape index (κ3) is 6.79. The quantitative estimate of drug-likeness (QED) is 0.258. The summed E-state index contributed by atoms with van der Waals surface area (Å²) in [5.41, 5.74) is 2.33. The zero-order valence-corrected chi connectivity index (χ0v) is 23.2. The number of carbonyl (C=O) groups excluding carboxylic acids is 2. The first kappa shape index (κ1) is 28.0. The van der Waals surface area contributed by atoms with Crippen molar-refractivity contribution in [3.8, 4) is 0 Å². The number of hydrogen-bond acceptors (Lipinski definition) is 4. The van der Waals surface area contributed by atoms with Crippen molar-refractivity contribution in [1.82, 2.24) is 0 Å². The number of carbonyl (C=O) groups is 2. The van der Waals surface area contributed by atoms with E-state index in [1.54, 1.807) is 30.3 Å². The Bertz CT molecular complexity index is 1420. The Kier molecular flexibility index (Phi) is 8.41. The molecule has 6 nitrogen and oxygen atoms in total. The molecule has 0 radical (unpaired) electrons. The molecule has 3 rings (SSSR count). The van der Waals surface area contributed by atoms with E-state index in [2.05, 4.69) is 26.1 Å². The van der Waals surface area contributed by atoms with Crippen LogP contribution in [0.1, 0.15) is 42.3 Å². The van der Waals surface area contributed by atoms with Crippen LogP contribution in [0.5, 0.6) is 0 Å². The summed E-state index contributed by atoms with van der Waals surface area (Å²) in [7, 11) is -3.90. The van der Waals surface area contributed by atoms with Crippen LogP contribution in [0, 0.1) is 0 Å². The van der Waals surface area contributed by atoms with Gasteiger partial charge in [0, 0.05) is 16.8 Å². The first-order chi connectivity index (χ1) is 16.7. The number of ketones is 1. The lowest BCUT2D eigenvalue weighted by Gasteiger charge is -2.23. The van der Waals surface area contributed by atoms with Crippen molar-refractivity contribution in [3.05, 3.63) is 92.4 Å². The summed E-state index contributed by atoms with van der Waals surface area (Å²) in [5.74, 6) is -0.839. The number of halogens is 3. The van der Waals surface area contributed by atoms with Crippen molar-refractivity contribution in [2.75, 3.05) is 22.4 Å². The lowest BCUT2D eigenvalue weighted by atomic mass is 9.86. The minimum Gasteiger partial charge on any atom is -0.324 e. The monoisotopic (exact) mass is 566 g/mol. The van der Waals surface area contributed by atoms with Gasteiger partial charge in [-0.25, -0.2) is 8.42 Å². The van der Waals surface area contributed by atoms with E-state index in [0.29, 0.717) is 16.8 Å². The third-order valence-corrected chi connectivity index (χ3v) is 7.52. The molecule has 1 amide bonds. The Hall–Kier alpha value is -2.58. The fraction of sp³-hybridized carbons (Fsp3) is 0.231. The number of sulfonamides is 1. The lowest BCUT2D eigenvalue weighted by Crippen LogP contribution is -2.37. The molecule has 1 N–H and O–H groups in total. The largest absolute Gasteiger partial charge is 0.324 e. The minimum absolute atomic E-state index is 0.0198. The first-order valence-electron chi connectivity index (χ1n) is 10.8. The maximum Gasteiger partial charge on any atom is 0.245 e. The molecular formula is C26H25Cl3N2O4S. The standard InChI is InChI=1S/C26H25Cl3N2O4S/c1-26(2,3)18-10-8-16(9-11-18)25(33)17-6-5-7-19(12-17)30-24(32)15-31(36(4,34)35)23-14-21(28)20(27)13-22(23)29/h5-14H,15H2,1-4H3,(H,30,32). The molecule has 0 aliphatic carbocycles. The summed E-state index contributed by atoms with van der Waals surface area (Å²) in [4.78, 5) is 25.8. The van der Waals surface area contributed by atoms with E-state index in [9.17, 15) is 18.0 Å². The molecule has 0 aliphatic rings. The van der Waals surface area contributed by atoms with Gasteiger partial charge in [-0.15, -0.1) is 0 Å². The highest BCUT2D eigenvalue weighted by Crippen LogP contribution is 2.35. The highest BCUT2D eigenvalue weighted by Gasteiger charge is 2.24. The Morgan fingerprint density at radius 2 is 1.47 bits per heavy atom. The molecule has 10 heteroatoms. The predicted molar refractivity (Wildman–Crippen MR) is 147 cm³/mol. The molecule has 36 heavy (non-hydrogen) atoms. The second-order valence-corrected chi connectivity index (χ2v) is 12.4. The molecule has 0 unspecified atom stereocenters. The number of nitrogens with one attached hydrogen (secondary N) is 1.